The minimum absolute atomic E-state index is 0.0275. The van der Waals surface area contributed by atoms with Gasteiger partial charge in [-0.3, -0.25) is 9.69 Å². The predicted molar refractivity (Wildman–Crippen MR) is 98.5 cm³/mol. The van der Waals surface area contributed by atoms with Crippen molar-refractivity contribution in [2.24, 2.45) is 0 Å². The Morgan fingerprint density at radius 1 is 1.07 bits per heavy atom. The molecule has 1 heterocycles. The van der Waals surface area contributed by atoms with Crippen LogP contribution < -0.4 is 14.8 Å². The molecule has 1 saturated heterocycles. The van der Waals surface area contributed by atoms with Crippen molar-refractivity contribution in [3.63, 3.8) is 0 Å². The van der Waals surface area contributed by atoms with E-state index in [-0.39, 0.29) is 13.2 Å². The molecule has 7 nitrogen and oxygen atoms in total. The van der Waals surface area contributed by atoms with Crippen LogP contribution in [0.2, 0.25) is 0 Å². The average Bonchev–Trinajstić information content (AvgIpc) is 2.91. The third kappa shape index (κ3) is 3.88. The number of aliphatic hydroxyl groups excluding tert-OH is 1. The summed E-state index contributed by atoms with van der Waals surface area (Å²) in [6, 6.07) is 15.4. The fourth-order valence-electron chi connectivity index (χ4n) is 2.96. The first-order valence-corrected chi connectivity index (χ1v) is 8.58. The summed E-state index contributed by atoms with van der Waals surface area (Å²) < 4.78 is 10.6. The van der Waals surface area contributed by atoms with Crippen LogP contribution in [0.5, 0.6) is 11.5 Å². The monoisotopic (exact) mass is 370 g/mol. The van der Waals surface area contributed by atoms with Gasteiger partial charge in [-0.2, -0.15) is 0 Å². The van der Waals surface area contributed by atoms with Crippen LogP contribution in [0.4, 0.5) is 4.79 Å². The van der Waals surface area contributed by atoms with E-state index >= 15 is 0 Å². The van der Waals surface area contributed by atoms with Crippen molar-refractivity contribution in [1.29, 1.82) is 0 Å². The van der Waals surface area contributed by atoms with Crippen LogP contribution in [0, 0.1) is 0 Å². The highest BCUT2D eigenvalue weighted by molar-refractivity contribution is 6.07. The average molecular weight is 370 g/mol. The molecular weight excluding hydrogens is 348 g/mol. The van der Waals surface area contributed by atoms with E-state index < -0.39 is 23.6 Å². The topological polar surface area (TPSA) is 88.1 Å². The predicted octanol–water partition coefficient (Wildman–Crippen LogP) is 1.90. The quantitative estimate of drug-likeness (QED) is 0.727. The van der Waals surface area contributed by atoms with Gasteiger partial charge < -0.3 is 19.9 Å². The number of aliphatic hydroxyl groups is 1. The highest BCUT2D eigenvalue weighted by atomic mass is 16.5. The zero-order valence-corrected chi connectivity index (χ0v) is 15.2. The molecule has 2 N–H and O–H groups in total. The maximum Gasteiger partial charge on any atom is 0.325 e. The number of nitrogens with one attached hydrogen (secondary N) is 1. The van der Waals surface area contributed by atoms with Crippen LogP contribution in [0.25, 0.3) is 0 Å². The van der Waals surface area contributed by atoms with Crippen LogP contribution in [-0.2, 0) is 10.3 Å². The highest BCUT2D eigenvalue weighted by Crippen LogP contribution is 2.30. The van der Waals surface area contributed by atoms with Crippen LogP contribution in [0.3, 0.4) is 0 Å². The Morgan fingerprint density at radius 2 is 1.74 bits per heavy atom. The second kappa shape index (κ2) is 7.67. The van der Waals surface area contributed by atoms with Gasteiger partial charge in [0.05, 0.1) is 13.7 Å². The zero-order valence-electron chi connectivity index (χ0n) is 15.2. The van der Waals surface area contributed by atoms with Crippen LogP contribution in [0.15, 0.2) is 54.6 Å². The first-order chi connectivity index (χ1) is 12.9. The van der Waals surface area contributed by atoms with E-state index in [4.69, 9.17) is 9.47 Å². The van der Waals surface area contributed by atoms with Crippen LogP contribution in [-0.4, -0.2) is 48.3 Å². The number of benzene rings is 2. The molecule has 3 rings (SSSR count). The number of carbonyl (C=O) groups is 2. The number of carbonyl (C=O) groups excluding carboxylic acids is 2. The lowest BCUT2D eigenvalue weighted by Crippen LogP contribution is -2.42. The molecule has 2 aromatic carbocycles. The van der Waals surface area contributed by atoms with Crippen molar-refractivity contribution in [1.82, 2.24) is 10.2 Å². The molecule has 0 radical (unpaired) electrons. The third-order valence-electron chi connectivity index (χ3n) is 4.52. The maximum absolute atomic E-state index is 12.9. The minimum Gasteiger partial charge on any atom is -0.497 e. The Kier molecular flexibility index (Phi) is 5.32. The zero-order chi connectivity index (χ0) is 19.4. The molecule has 3 amide bonds. The largest absolute Gasteiger partial charge is 0.497 e. The molecule has 142 valence electrons. The van der Waals surface area contributed by atoms with Crippen LogP contribution in [0.1, 0.15) is 12.5 Å². The van der Waals surface area contributed by atoms with Gasteiger partial charge in [0, 0.05) is 0 Å². The van der Waals surface area contributed by atoms with E-state index in [1.165, 1.54) is 0 Å². The summed E-state index contributed by atoms with van der Waals surface area (Å²) in [6.45, 7) is 1.46. The van der Waals surface area contributed by atoms with Gasteiger partial charge in [-0.1, -0.05) is 30.3 Å². The Hall–Kier alpha value is -3.06. The lowest BCUT2D eigenvalue weighted by molar-refractivity contribution is -0.132. The lowest BCUT2D eigenvalue weighted by atomic mass is 9.92. The molecule has 1 aliphatic rings. The van der Waals surface area contributed by atoms with Gasteiger partial charge in [-0.25, -0.2) is 4.79 Å². The number of rotatable bonds is 7. The van der Waals surface area contributed by atoms with Gasteiger partial charge in [-0.05, 0) is 36.8 Å². The molecule has 2 atom stereocenters. The fourth-order valence-corrected chi connectivity index (χ4v) is 2.96. The number of β-amino-alcohol motifs (C(OH)–C–C–N with tert-alkyl or cyclic N) is 1. The number of ether oxygens (including phenoxy) is 2. The second-order valence-corrected chi connectivity index (χ2v) is 6.48. The second-order valence-electron chi connectivity index (χ2n) is 6.48. The first kappa shape index (κ1) is 18.7. The van der Waals surface area contributed by atoms with E-state index in [9.17, 15) is 14.7 Å². The Labute approximate surface area is 157 Å². The lowest BCUT2D eigenvalue weighted by Gasteiger charge is -2.23. The summed E-state index contributed by atoms with van der Waals surface area (Å²) in [5, 5.41) is 12.9. The number of hydrogen-bond donors (Lipinski definition) is 2. The summed E-state index contributed by atoms with van der Waals surface area (Å²) in [5.41, 5.74) is -0.553. The maximum atomic E-state index is 12.9. The normalized spacial score (nSPS) is 20.3. The standard InChI is InChI=1S/C20H22N2O5/c1-20(14-8-10-16(26-2)11-9-14)18(24)22(19(25)21-20)12-15(23)13-27-17-6-4-3-5-7-17/h3-11,15,23H,12-13H2,1-2H3,(H,21,25)/t15-,20-/m0/s1. The molecule has 0 unspecified atom stereocenters. The number of nitrogens with zero attached hydrogens (tertiary/aromatic N) is 1. The van der Waals surface area contributed by atoms with E-state index in [1.54, 1.807) is 50.4 Å². The smallest absolute Gasteiger partial charge is 0.325 e. The fraction of sp³-hybridized carbons (Fsp3) is 0.300. The Bertz CT molecular complexity index is 809. The molecule has 0 bridgehead atoms. The van der Waals surface area contributed by atoms with Crippen molar-refractivity contribution >= 4 is 11.9 Å². The first-order valence-electron chi connectivity index (χ1n) is 8.58. The van der Waals surface area contributed by atoms with Gasteiger partial charge in [0.1, 0.15) is 29.7 Å². The highest BCUT2D eigenvalue weighted by Gasteiger charge is 2.49. The number of hydrogen-bond acceptors (Lipinski definition) is 5. The molecule has 0 aliphatic carbocycles. The molecular formula is C20H22N2O5. The summed E-state index contributed by atoms with van der Waals surface area (Å²) in [4.78, 5) is 26.2. The molecule has 0 saturated carbocycles. The number of para-hydroxylation sites is 1. The van der Waals surface area contributed by atoms with E-state index in [0.29, 0.717) is 17.1 Å². The molecule has 1 aliphatic heterocycles. The van der Waals surface area contributed by atoms with E-state index in [0.717, 1.165) is 4.90 Å². The van der Waals surface area contributed by atoms with Gasteiger partial charge >= 0.3 is 6.03 Å². The number of urea groups is 1. The van der Waals surface area contributed by atoms with Gasteiger partial charge in [0.25, 0.3) is 5.91 Å². The summed E-state index contributed by atoms with van der Waals surface area (Å²) >= 11 is 0. The van der Waals surface area contributed by atoms with Crippen molar-refractivity contribution in [2.75, 3.05) is 20.3 Å². The molecule has 1 fully saturated rings. The van der Waals surface area contributed by atoms with E-state index in [1.807, 2.05) is 18.2 Å². The van der Waals surface area contributed by atoms with Crippen molar-refractivity contribution < 1.29 is 24.2 Å². The Morgan fingerprint density at radius 3 is 2.37 bits per heavy atom. The van der Waals surface area contributed by atoms with Gasteiger partial charge in [0.15, 0.2) is 0 Å². The summed E-state index contributed by atoms with van der Waals surface area (Å²) in [6.07, 6.45) is -1.00. The minimum atomic E-state index is -1.19. The molecule has 0 aromatic heterocycles. The third-order valence-corrected chi connectivity index (χ3v) is 4.52. The molecule has 27 heavy (non-hydrogen) atoms. The van der Waals surface area contributed by atoms with Crippen molar-refractivity contribution in [3.05, 3.63) is 60.2 Å². The van der Waals surface area contributed by atoms with Crippen molar-refractivity contribution in [3.8, 4) is 11.5 Å². The van der Waals surface area contributed by atoms with Gasteiger partial charge in [0.2, 0.25) is 0 Å². The van der Waals surface area contributed by atoms with Crippen molar-refractivity contribution in [2.45, 2.75) is 18.6 Å². The summed E-state index contributed by atoms with van der Waals surface area (Å²) in [7, 11) is 1.56. The summed E-state index contributed by atoms with van der Waals surface area (Å²) in [5.74, 6) is 0.845. The molecule has 7 heteroatoms. The number of imide groups is 1. The van der Waals surface area contributed by atoms with Gasteiger partial charge in [-0.15, -0.1) is 0 Å². The number of methoxy groups -OCH3 is 1. The number of amides is 3. The SMILES string of the molecule is COc1ccc([C@]2(C)NC(=O)N(C[C@H](O)COc3ccccc3)C2=O)cc1. The van der Waals surface area contributed by atoms with Crippen LogP contribution >= 0.6 is 0 Å². The molecule has 2 aromatic rings. The molecule has 0 spiro atoms. The van der Waals surface area contributed by atoms with E-state index in [2.05, 4.69) is 5.32 Å². The Balaban J connectivity index is 1.66.